The van der Waals surface area contributed by atoms with Gasteiger partial charge in [0.2, 0.25) is 0 Å². The Kier molecular flexibility index (Phi) is 7.50. The third-order valence-electron chi connectivity index (χ3n) is 1.18. The van der Waals surface area contributed by atoms with Crippen molar-refractivity contribution >= 4 is 31.0 Å². The topological polar surface area (TPSA) is 26.3 Å². The molecule has 12 heavy (non-hydrogen) atoms. The molecule has 0 aromatic rings. The van der Waals surface area contributed by atoms with Crippen LogP contribution in [0.2, 0.25) is 0 Å². The molecule has 0 atom stereocenters. The van der Waals surface area contributed by atoms with Crippen LogP contribution >= 0.6 is 25.3 Å². The van der Waals surface area contributed by atoms with E-state index in [-0.39, 0.29) is 5.78 Å². The van der Waals surface area contributed by atoms with Crippen LogP contribution in [0.1, 0.15) is 12.8 Å². The molecule has 0 amide bonds. The van der Waals surface area contributed by atoms with Gasteiger partial charge in [-0.25, -0.2) is 0 Å². The molecule has 2 nitrogen and oxygen atoms in total. The van der Waals surface area contributed by atoms with Gasteiger partial charge >= 0.3 is 0 Å². The SMILES string of the molecule is C=C(CC(=O)CCS)OCCS. The van der Waals surface area contributed by atoms with E-state index in [1.807, 2.05) is 0 Å². The third kappa shape index (κ3) is 6.61. The van der Waals surface area contributed by atoms with Gasteiger partial charge in [0.25, 0.3) is 0 Å². The Morgan fingerprint density at radius 3 is 2.50 bits per heavy atom. The maximum absolute atomic E-state index is 11.0. The summed E-state index contributed by atoms with van der Waals surface area (Å²) < 4.78 is 5.09. The molecule has 0 rings (SSSR count). The van der Waals surface area contributed by atoms with Crippen molar-refractivity contribution < 1.29 is 9.53 Å². The Hall–Kier alpha value is -0.0900. The highest BCUT2D eigenvalue weighted by Gasteiger charge is 2.03. The fourth-order valence-electron chi connectivity index (χ4n) is 0.674. The quantitative estimate of drug-likeness (QED) is 0.490. The largest absolute Gasteiger partial charge is 0.497 e. The Balaban J connectivity index is 3.47. The Morgan fingerprint density at radius 1 is 1.33 bits per heavy atom. The number of Topliss-reactive ketones (excluding diaryl/α,β-unsaturated/α-hetero) is 1. The van der Waals surface area contributed by atoms with E-state index >= 15 is 0 Å². The average Bonchev–Trinajstić information content (AvgIpc) is 2.01. The summed E-state index contributed by atoms with van der Waals surface area (Å²) in [6.45, 7) is 4.12. The van der Waals surface area contributed by atoms with Gasteiger partial charge in [-0.05, 0) is 5.75 Å². The van der Waals surface area contributed by atoms with Crippen molar-refractivity contribution in [3.8, 4) is 0 Å². The zero-order valence-electron chi connectivity index (χ0n) is 6.95. The Labute approximate surface area is 84.2 Å². The summed E-state index contributed by atoms with van der Waals surface area (Å²) in [6, 6.07) is 0. The van der Waals surface area contributed by atoms with E-state index in [4.69, 9.17) is 4.74 Å². The molecule has 0 fully saturated rings. The van der Waals surface area contributed by atoms with Crippen molar-refractivity contribution in [2.24, 2.45) is 0 Å². The van der Waals surface area contributed by atoms with E-state index in [0.717, 1.165) is 0 Å². The van der Waals surface area contributed by atoms with Crippen LogP contribution in [-0.4, -0.2) is 23.9 Å². The van der Waals surface area contributed by atoms with Crippen molar-refractivity contribution in [2.45, 2.75) is 12.8 Å². The zero-order chi connectivity index (χ0) is 9.40. The van der Waals surface area contributed by atoms with Crippen molar-refractivity contribution in [3.05, 3.63) is 12.3 Å². The van der Waals surface area contributed by atoms with Crippen molar-refractivity contribution in [1.29, 1.82) is 0 Å². The van der Waals surface area contributed by atoms with Gasteiger partial charge in [-0.3, -0.25) is 4.79 Å². The molecule has 0 saturated carbocycles. The van der Waals surface area contributed by atoms with Gasteiger partial charge < -0.3 is 4.74 Å². The Morgan fingerprint density at radius 2 is 2.00 bits per heavy atom. The fourth-order valence-corrected chi connectivity index (χ4v) is 1.01. The lowest BCUT2D eigenvalue weighted by molar-refractivity contribution is -0.118. The van der Waals surface area contributed by atoms with Gasteiger partial charge in [-0.1, -0.05) is 6.58 Å². The van der Waals surface area contributed by atoms with Gasteiger partial charge in [0.1, 0.15) is 5.78 Å². The molecule has 4 heteroatoms. The highest BCUT2D eigenvalue weighted by molar-refractivity contribution is 7.80. The number of ketones is 1. The number of ether oxygens (including phenoxy) is 1. The molecule has 0 aliphatic rings. The maximum atomic E-state index is 11.0. The Bertz CT molecular complexity index is 157. The molecule has 0 unspecified atom stereocenters. The molecule has 0 aliphatic carbocycles. The van der Waals surface area contributed by atoms with Crippen LogP contribution in [0.5, 0.6) is 0 Å². The standard InChI is InChI=1S/C8H14O2S2/c1-7(10-3-5-12)6-8(9)2-4-11/h11-12H,1-6H2. The van der Waals surface area contributed by atoms with Gasteiger partial charge in [0, 0.05) is 12.2 Å². The van der Waals surface area contributed by atoms with E-state index in [2.05, 4.69) is 31.8 Å². The van der Waals surface area contributed by atoms with Gasteiger partial charge in [0.05, 0.1) is 18.8 Å². The molecule has 0 N–H and O–H groups in total. The fraction of sp³-hybridized carbons (Fsp3) is 0.625. The summed E-state index contributed by atoms with van der Waals surface area (Å²) in [5.74, 6) is 1.86. The summed E-state index contributed by atoms with van der Waals surface area (Å²) in [7, 11) is 0. The minimum atomic E-state index is 0.120. The van der Waals surface area contributed by atoms with Crippen LogP contribution in [0.15, 0.2) is 12.3 Å². The predicted molar refractivity (Wildman–Crippen MR) is 57.0 cm³/mol. The van der Waals surface area contributed by atoms with Crippen molar-refractivity contribution in [2.75, 3.05) is 18.1 Å². The number of thiol groups is 2. The van der Waals surface area contributed by atoms with Crippen LogP contribution in [0.3, 0.4) is 0 Å². The van der Waals surface area contributed by atoms with E-state index in [1.165, 1.54) is 0 Å². The number of rotatable bonds is 7. The van der Waals surface area contributed by atoms with Crippen LogP contribution in [0.25, 0.3) is 0 Å². The normalized spacial score (nSPS) is 9.50. The first-order valence-electron chi connectivity index (χ1n) is 3.74. The molecule has 0 heterocycles. The summed E-state index contributed by atoms with van der Waals surface area (Å²) in [4.78, 5) is 11.0. The second-order valence-electron chi connectivity index (χ2n) is 2.30. The first-order chi connectivity index (χ1) is 5.70. The van der Waals surface area contributed by atoms with Crippen LogP contribution < -0.4 is 0 Å². The van der Waals surface area contributed by atoms with E-state index in [9.17, 15) is 4.79 Å². The molecule has 70 valence electrons. The minimum absolute atomic E-state index is 0.120. The smallest absolute Gasteiger partial charge is 0.141 e. The molecule has 0 aliphatic heterocycles. The predicted octanol–water partition coefficient (Wildman–Crippen LogP) is 1.73. The lowest BCUT2D eigenvalue weighted by Crippen LogP contribution is -2.03. The molecule has 0 aromatic carbocycles. The van der Waals surface area contributed by atoms with E-state index in [0.29, 0.717) is 36.7 Å². The third-order valence-corrected chi connectivity index (χ3v) is 1.59. The number of hydrogen-bond donors (Lipinski definition) is 2. The van der Waals surface area contributed by atoms with Crippen LogP contribution in [0, 0.1) is 0 Å². The molecule has 0 saturated heterocycles. The second-order valence-corrected chi connectivity index (χ2v) is 3.19. The minimum Gasteiger partial charge on any atom is -0.497 e. The highest BCUT2D eigenvalue weighted by Crippen LogP contribution is 2.03. The van der Waals surface area contributed by atoms with Crippen molar-refractivity contribution in [1.82, 2.24) is 0 Å². The summed E-state index contributed by atoms with van der Waals surface area (Å²) in [5.41, 5.74) is 0. The molecular weight excluding hydrogens is 192 g/mol. The summed E-state index contributed by atoms with van der Waals surface area (Å²) >= 11 is 7.91. The lowest BCUT2D eigenvalue weighted by Gasteiger charge is -2.05. The van der Waals surface area contributed by atoms with Gasteiger partial charge in [0.15, 0.2) is 0 Å². The summed E-state index contributed by atoms with van der Waals surface area (Å²) in [6.07, 6.45) is 0.778. The summed E-state index contributed by atoms with van der Waals surface area (Å²) in [5, 5.41) is 0. The second kappa shape index (κ2) is 7.55. The van der Waals surface area contributed by atoms with Gasteiger partial charge in [-0.2, -0.15) is 25.3 Å². The van der Waals surface area contributed by atoms with Gasteiger partial charge in [-0.15, -0.1) is 0 Å². The first-order valence-corrected chi connectivity index (χ1v) is 5.01. The average molecular weight is 206 g/mol. The van der Waals surface area contributed by atoms with E-state index < -0.39 is 0 Å². The monoisotopic (exact) mass is 206 g/mol. The molecular formula is C8H14O2S2. The molecule has 0 bridgehead atoms. The number of carbonyl (C=O) groups is 1. The lowest BCUT2D eigenvalue weighted by atomic mass is 10.2. The van der Waals surface area contributed by atoms with Crippen LogP contribution in [0.4, 0.5) is 0 Å². The molecule has 0 spiro atoms. The highest BCUT2D eigenvalue weighted by atomic mass is 32.1. The molecule has 0 radical (unpaired) electrons. The van der Waals surface area contributed by atoms with Crippen LogP contribution in [-0.2, 0) is 9.53 Å². The zero-order valence-corrected chi connectivity index (χ0v) is 8.74. The number of hydrogen-bond acceptors (Lipinski definition) is 4. The van der Waals surface area contributed by atoms with Crippen molar-refractivity contribution in [3.63, 3.8) is 0 Å². The maximum Gasteiger partial charge on any atom is 0.141 e. The molecule has 0 aromatic heterocycles. The first kappa shape index (κ1) is 11.9. The number of allylic oxidation sites excluding steroid dienone is 1. The number of carbonyl (C=O) groups excluding carboxylic acids is 1. The van der Waals surface area contributed by atoms with E-state index in [1.54, 1.807) is 0 Å².